The van der Waals surface area contributed by atoms with Gasteiger partial charge < -0.3 is 15.0 Å². The molecule has 1 saturated heterocycles. The third kappa shape index (κ3) is 4.45. The standard InChI is InChI=1S/C23H26FN3O3/c1-15-8-9-20(19(24)11-15)27-14-17(12-21(27)28)22(29)26-13-16-5-4-10-25-23(16)30-18-6-2-3-7-18/h4-5,8-11,17-18H,2-3,6-7,12-14H2,1H3,(H,26,29). The largest absolute Gasteiger partial charge is 0.474 e. The van der Waals surface area contributed by atoms with Crippen molar-refractivity contribution in [1.29, 1.82) is 0 Å². The molecule has 2 amide bonds. The van der Waals surface area contributed by atoms with Crippen molar-refractivity contribution in [2.24, 2.45) is 5.92 Å². The number of anilines is 1. The normalized spacial score (nSPS) is 19.3. The van der Waals surface area contributed by atoms with Gasteiger partial charge in [0.25, 0.3) is 0 Å². The lowest BCUT2D eigenvalue weighted by atomic mass is 10.1. The Labute approximate surface area is 175 Å². The summed E-state index contributed by atoms with van der Waals surface area (Å²) in [5.74, 6) is -0.892. The fraction of sp³-hybridized carbons (Fsp3) is 0.435. The van der Waals surface area contributed by atoms with Gasteiger partial charge in [-0.15, -0.1) is 0 Å². The predicted molar refractivity (Wildman–Crippen MR) is 111 cm³/mol. The smallest absolute Gasteiger partial charge is 0.227 e. The number of hydrogen-bond donors (Lipinski definition) is 1. The molecule has 2 aliphatic rings. The van der Waals surface area contributed by atoms with E-state index >= 15 is 0 Å². The van der Waals surface area contributed by atoms with E-state index in [1.54, 1.807) is 25.3 Å². The van der Waals surface area contributed by atoms with E-state index in [2.05, 4.69) is 10.3 Å². The highest BCUT2D eigenvalue weighted by molar-refractivity contribution is 6.00. The number of nitrogens with zero attached hydrogens (tertiary/aromatic N) is 2. The molecule has 2 heterocycles. The molecule has 7 heteroatoms. The summed E-state index contributed by atoms with van der Waals surface area (Å²) in [4.78, 5) is 30.8. The highest BCUT2D eigenvalue weighted by atomic mass is 19.1. The Morgan fingerprint density at radius 1 is 1.30 bits per heavy atom. The van der Waals surface area contributed by atoms with Crippen molar-refractivity contribution in [3.8, 4) is 5.88 Å². The Hall–Kier alpha value is -2.96. The van der Waals surface area contributed by atoms with Crippen LogP contribution in [0.1, 0.15) is 43.2 Å². The lowest BCUT2D eigenvalue weighted by Crippen LogP contribution is -2.33. The highest BCUT2D eigenvalue weighted by Gasteiger charge is 2.36. The number of halogens is 1. The van der Waals surface area contributed by atoms with Crippen LogP contribution in [0.25, 0.3) is 0 Å². The minimum atomic E-state index is -0.519. The average molecular weight is 411 g/mol. The van der Waals surface area contributed by atoms with Crippen molar-refractivity contribution in [2.45, 2.75) is 51.7 Å². The van der Waals surface area contributed by atoms with E-state index in [0.29, 0.717) is 5.88 Å². The lowest BCUT2D eigenvalue weighted by Gasteiger charge is -2.18. The second-order valence-electron chi connectivity index (χ2n) is 8.07. The molecule has 1 aliphatic heterocycles. The van der Waals surface area contributed by atoms with Crippen LogP contribution in [0.2, 0.25) is 0 Å². The van der Waals surface area contributed by atoms with Gasteiger partial charge in [0.2, 0.25) is 17.7 Å². The molecule has 2 fully saturated rings. The molecule has 1 saturated carbocycles. The van der Waals surface area contributed by atoms with Crippen LogP contribution in [-0.2, 0) is 16.1 Å². The Kier molecular flexibility index (Phi) is 5.97. The quantitative estimate of drug-likeness (QED) is 0.790. The van der Waals surface area contributed by atoms with E-state index in [1.807, 2.05) is 12.1 Å². The summed E-state index contributed by atoms with van der Waals surface area (Å²) in [7, 11) is 0. The number of amides is 2. The van der Waals surface area contributed by atoms with Gasteiger partial charge in [-0.3, -0.25) is 9.59 Å². The van der Waals surface area contributed by atoms with E-state index in [-0.39, 0.29) is 43.1 Å². The van der Waals surface area contributed by atoms with Crippen molar-refractivity contribution in [3.63, 3.8) is 0 Å². The molecule has 0 bridgehead atoms. The van der Waals surface area contributed by atoms with Gasteiger partial charge in [0.15, 0.2) is 0 Å². The number of rotatable bonds is 6. The molecule has 4 rings (SSSR count). The Morgan fingerprint density at radius 2 is 2.10 bits per heavy atom. The fourth-order valence-electron chi connectivity index (χ4n) is 4.10. The minimum Gasteiger partial charge on any atom is -0.474 e. The topological polar surface area (TPSA) is 71.5 Å². The Morgan fingerprint density at radius 3 is 2.87 bits per heavy atom. The molecule has 2 aromatic rings. The summed E-state index contributed by atoms with van der Waals surface area (Å²) in [6.07, 6.45) is 6.31. The first-order chi connectivity index (χ1) is 14.5. The number of aryl methyl sites for hydroxylation is 1. The molecule has 30 heavy (non-hydrogen) atoms. The molecule has 6 nitrogen and oxygen atoms in total. The van der Waals surface area contributed by atoms with Gasteiger partial charge in [-0.05, 0) is 56.4 Å². The summed E-state index contributed by atoms with van der Waals surface area (Å²) >= 11 is 0. The lowest BCUT2D eigenvalue weighted by molar-refractivity contribution is -0.126. The molecule has 0 spiro atoms. The van der Waals surface area contributed by atoms with Gasteiger partial charge in [-0.2, -0.15) is 0 Å². The number of ether oxygens (including phenoxy) is 1. The van der Waals surface area contributed by atoms with Crippen LogP contribution in [0.15, 0.2) is 36.5 Å². The Balaban J connectivity index is 1.37. The summed E-state index contributed by atoms with van der Waals surface area (Å²) in [6.45, 7) is 2.24. The number of hydrogen-bond acceptors (Lipinski definition) is 4. The van der Waals surface area contributed by atoms with Crippen molar-refractivity contribution in [2.75, 3.05) is 11.4 Å². The van der Waals surface area contributed by atoms with Crippen LogP contribution in [0.4, 0.5) is 10.1 Å². The maximum absolute atomic E-state index is 14.3. The van der Waals surface area contributed by atoms with E-state index in [4.69, 9.17) is 4.74 Å². The molecule has 1 aliphatic carbocycles. The molecule has 1 atom stereocenters. The molecule has 1 unspecified atom stereocenters. The fourth-order valence-corrected chi connectivity index (χ4v) is 4.10. The van der Waals surface area contributed by atoms with Crippen molar-refractivity contribution in [1.82, 2.24) is 10.3 Å². The molecule has 158 valence electrons. The van der Waals surface area contributed by atoms with Gasteiger partial charge in [0, 0.05) is 31.3 Å². The monoisotopic (exact) mass is 411 g/mol. The third-order valence-corrected chi connectivity index (χ3v) is 5.77. The van der Waals surface area contributed by atoms with Crippen LogP contribution < -0.4 is 15.0 Å². The number of benzene rings is 1. The van der Waals surface area contributed by atoms with Crippen molar-refractivity contribution < 1.29 is 18.7 Å². The first kappa shape index (κ1) is 20.3. The molecular formula is C23H26FN3O3. The first-order valence-corrected chi connectivity index (χ1v) is 10.5. The molecule has 1 N–H and O–H groups in total. The van der Waals surface area contributed by atoms with Crippen LogP contribution in [-0.4, -0.2) is 29.4 Å². The maximum Gasteiger partial charge on any atom is 0.227 e. The second-order valence-corrected chi connectivity index (χ2v) is 8.07. The van der Waals surface area contributed by atoms with Gasteiger partial charge in [0.05, 0.1) is 11.6 Å². The first-order valence-electron chi connectivity index (χ1n) is 10.5. The minimum absolute atomic E-state index is 0.0671. The zero-order valence-corrected chi connectivity index (χ0v) is 17.1. The van der Waals surface area contributed by atoms with Gasteiger partial charge in [0.1, 0.15) is 11.9 Å². The van der Waals surface area contributed by atoms with Crippen LogP contribution in [0, 0.1) is 18.7 Å². The van der Waals surface area contributed by atoms with Crippen LogP contribution in [0.5, 0.6) is 5.88 Å². The zero-order valence-electron chi connectivity index (χ0n) is 17.1. The zero-order chi connectivity index (χ0) is 21.1. The summed E-state index contributed by atoms with van der Waals surface area (Å²) < 4.78 is 20.3. The second kappa shape index (κ2) is 8.81. The molecule has 0 radical (unpaired) electrons. The summed E-state index contributed by atoms with van der Waals surface area (Å²) in [5, 5.41) is 2.89. The summed E-state index contributed by atoms with van der Waals surface area (Å²) in [5.41, 5.74) is 1.81. The number of carbonyl (C=O) groups is 2. The van der Waals surface area contributed by atoms with Crippen molar-refractivity contribution in [3.05, 3.63) is 53.5 Å². The SMILES string of the molecule is Cc1ccc(N2CC(C(=O)NCc3cccnc3OC3CCCC3)CC2=O)c(F)c1. The number of carbonyl (C=O) groups excluding carboxylic acids is 2. The molecule has 1 aromatic carbocycles. The number of pyridine rings is 1. The van der Waals surface area contributed by atoms with Crippen molar-refractivity contribution >= 4 is 17.5 Å². The average Bonchev–Trinajstić information content (AvgIpc) is 3.37. The van der Waals surface area contributed by atoms with Gasteiger partial charge >= 0.3 is 0 Å². The van der Waals surface area contributed by atoms with Crippen LogP contribution >= 0.6 is 0 Å². The number of aromatic nitrogens is 1. The van der Waals surface area contributed by atoms with Crippen LogP contribution in [0.3, 0.4) is 0 Å². The molecule has 1 aromatic heterocycles. The summed E-state index contributed by atoms with van der Waals surface area (Å²) in [6, 6.07) is 8.43. The maximum atomic E-state index is 14.3. The van der Waals surface area contributed by atoms with E-state index in [0.717, 1.165) is 36.8 Å². The number of nitrogens with one attached hydrogen (secondary N) is 1. The predicted octanol–water partition coefficient (Wildman–Crippen LogP) is 3.52. The molecular weight excluding hydrogens is 385 g/mol. The van der Waals surface area contributed by atoms with E-state index in [1.165, 1.54) is 11.0 Å². The Bertz CT molecular complexity index is 943. The third-order valence-electron chi connectivity index (χ3n) is 5.77. The van der Waals surface area contributed by atoms with E-state index < -0.39 is 11.7 Å². The highest BCUT2D eigenvalue weighted by Crippen LogP contribution is 2.29. The van der Waals surface area contributed by atoms with Gasteiger partial charge in [-0.25, -0.2) is 9.37 Å². The van der Waals surface area contributed by atoms with Gasteiger partial charge in [-0.1, -0.05) is 12.1 Å². The van der Waals surface area contributed by atoms with E-state index in [9.17, 15) is 14.0 Å².